The maximum absolute atomic E-state index is 4.35. The lowest BCUT2D eigenvalue weighted by Crippen LogP contribution is -1.84. The molecule has 0 aliphatic heterocycles. The molecule has 0 radical (unpaired) electrons. The number of rotatable bonds is 5. The Bertz CT molecular complexity index is 459. The number of aromatic amines is 1. The van der Waals surface area contributed by atoms with Crippen LogP contribution >= 0.6 is 15.9 Å². The van der Waals surface area contributed by atoms with E-state index < -0.39 is 0 Å². The first kappa shape index (κ1) is 12.4. The molecule has 0 saturated carbocycles. The lowest BCUT2D eigenvalue weighted by Gasteiger charge is -1.96. The van der Waals surface area contributed by atoms with Crippen molar-refractivity contribution < 1.29 is 0 Å². The van der Waals surface area contributed by atoms with Gasteiger partial charge in [0.05, 0.1) is 5.69 Å². The zero-order valence-corrected chi connectivity index (χ0v) is 11.6. The van der Waals surface area contributed by atoms with Crippen LogP contribution in [0.3, 0.4) is 0 Å². The van der Waals surface area contributed by atoms with Crippen molar-refractivity contribution in [2.75, 3.05) is 0 Å². The normalized spacial score (nSPS) is 10.7. The maximum Gasteiger partial charge on any atom is 0.0923 e. The van der Waals surface area contributed by atoms with Crippen LogP contribution in [0.4, 0.5) is 0 Å². The summed E-state index contributed by atoms with van der Waals surface area (Å²) in [4.78, 5) is 0. The van der Waals surface area contributed by atoms with Gasteiger partial charge in [0.15, 0.2) is 0 Å². The first-order valence-corrected chi connectivity index (χ1v) is 6.89. The molecule has 0 amide bonds. The fourth-order valence-corrected chi connectivity index (χ4v) is 2.09. The second-order valence-corrected chi connectivity index (χ2v) is 5.16. The van der Waals surface area contributed by atoms with Crippen LogP contribution in [0.15, 0.2) is 34.8 Å². The molecule has 1 aromatic carbocycles. The molecule has 0 spiro atoms. The molecule has 17 heavy (non-hydrogen) atoms. The SMILES string of the molecule is CCCCCc1cc(-c2ccc(Br)cc2)n[nH]1. The molecule has 2 rings (SSSR count). The van der Waals surface area contributed by atoms with Gasteiger partial charge in [-0.1, -0.05) is 47.8 Å². The number of hydrogen-bond acceptors (Lipinski definition) is 1. The molecule has 3 heteroatoms. The van der Waals surface area contributed by atoms with Crippen LogP contribution in [0.1, 0.15) is 31.9 Å². The zero-order chi connectivity index (χ0) is 12.1. The fraction of sp³-hybridized carbons (Fsp3) is 0.357. The van der Waals surface area contributed by atoms with Crippen LogP contribution in [0, 0.1) is 0 Å². The standard InChI is InChI=1S/C14H17BrN2/c1-2-3-4-5-13-10-14(17-16-13)11-6-8-12(15)9-7-11/h6-10H,2-5H2,1H3,(H,16,17). The average molecular weight is 293 g/mol. The summed E-state index contributed by atoms with van der Waals surface area (Å²) in [6.07, 6.45) is 4.87. The summed E-state index contributed by atoms with van der Waals surface area (Å²) in [7, 11) is 0. The molecule has 1 heterocycles. The Labute approximate surface area is 111 Å². The number of nitrogens with one attached hydrogen (secondary N) is 1. The van der Waals surface area contributed by atoms with E-state index >= 15 is 0 Å². The van der Waals surface area contributed by atoms with Crippen LogP contribution in [0.2, 0.25) is 0 Å². The molecule has 0 fully saturated rings. The Balaban J connectivity index is 2.04. The van der Waals surface area contributed by atoms with Crippen LogP contribution < -0.4 is 0 Å². The number of aryl methyl sites for hydroxylation is 1. The summed E-state index contributed by atoms with van der Waals surface area (Å²) in [6, 6.07) is 10.4. The highest BCUT2D eigenvalue weighted by molar-refractivity contribution is 9.10. The van der Waals surface area contributed by atoms with Crippen molar-refractivity contribution in [1.29, 1.82) is 0 Å². The zero-order valence-electron chi connectivity index (χ0n) is 10.0. The molecule has 1 aromatic heterocycles. The molecule has 1 N–H and O–H groups in total. The largest absolute Gasteiger partial charge is 0.282 e. The van der Waals surface area contributed by atoms with Crippen molar-refractivity contribution in [2.45, 2.75) is 32.6 Å². The molecule has 0 atom stereocenters. The van der Waals surface area contributed by atoms with Crippen LogP contribution in [-0.2, 0) is 6.42 Å². The number of H-pyrrole nitrogens is 1. The van der Waals surface area contributed by atoms with E-state index in [0.29, 0.717) is 0 Å². The number of hydrogen-bond donors (Lipinski definition) is 1. The molecule has 0 aliphatic carbocycles. The summed E-state index contributed by atoms with van der Waals surface area (Å²) in [5, 5.41) is 7.47. The first-order valence-electron chi connectivity index (χ1n) is 6.10. The van der Waals surface area contributed by atoms with Crippen LogP contribution in [0.25, 0.3) is 11.3 Å². The van der Waals surface area contributed by atoms with Gasteiger partial charge in [-0.2, -0.15) is 5.10 Å². The number of benzene rings is 1. The molecular weight excluding hydrogens is 276 g/mol. The van der Waals surface area contributed by atoms with Gasteiger partial charge in [-0.25, -0.2) is 0 Å². The molecule has 2 nitrogen and oxygen atoms in total. The lowest BCUT2D eigenvalue weighted by molar-refractivity contribution is 0.705. The van der Waals surface area contributed by atoms with E-state index in [4.69, 9.17) is 0 Å². The minimum Gasteiger partial charge on any atom is -0.282 e. The molecule has 0 bridgehead atoms. The summed E-state index contributed by atoms with van der Waals surface area (Å²) < 4.78 is 1.10. The minimum atomic E-state index is 1.03. The van der Waals surface area contributed by atoms with Crippen molar-refractivity contribution in [2.24, 2.45) is 0 Å². The maximum atomic E-state index is 4.35. The number of nitrogens with zero attached hydrogens (tertiary/aromatic N) is 1. The minimum absolute atomic E-state index is 1.03. The smallest absolute Gasteiger partial charge is 0.0923 e. The monoisotopic (exact) mass is 292 g/mol. The van der Waals surface area contributed by atoms with Gasteiger partial charge in [0.1, 0.15) is 0 Å². The highest BCUT2D eigenvalue weighted by Crippen LogP contribution is 2.20. The highest BCUT2D eigenvalue weighted by atomic mass is 79.9. The summed E-state index contributed by atoms with van der Waals surface area (Å²) in [5.74, 6) is 0. The number of aromatic nitrogens is 2. The van der Waals surface area contributed by atoms with Gasteiger partial charge in [0.2, 0.25) is 0 Å². The van der Waals surface area contributed by atoms with E-state index in [1.807, 2.05) is 12.1 Å². The van der Waals surface area contributed by atoms with E-state index in [9.17, 15) is 0 Å². The second-order valence-electron chi connectivity index (χ2n) is 4.24. The third-order valence-corrected chi connectivity index (χ3v) is 3.35. The fourth-order valence-electron chi connectivity index (χ4n) is 1.82. The topological polar surface area (TPSA) is 28.7 Å². The number of halogens is 1. The molecule has 2 aromatic rings. The number of unbranched alkanes of at least 4 members (excludes halogenated alkanes) is 2. The van der Waals surface area contributed by atoms with Gasteiger partial charge >= 0.3 is 0 Å². The van der Waals surface area contributed by atoms with Crippen molar-refractivity contribution >= 4 is 15.9 Å². The van der Waals surface area contributed by atoms with E-state index in [1.165, 1.54) is 25.0 Å². The quantitative estimate of drug-likeness (QED) is 0.804. The average Bonchev–Trinajstić information content (AvgIpc) is 2.79. The molecule has 0 aliphatic rings. The van der Waals surface area contributed by atoms with Crippen molar-refractivity contribution in [3.8, 4) is 11.3 Å². The van der Waals surface area contributed by atoms with Crippen molar-refractivity contribution in [3.63, 3.8) is 0 Å². The van der Waals surface area contributed by atoms with E-state index in [-0.39, 0.29) is 0 Å². The van der Waals surface area contributed by atoms with Crippen molar-refractivity contribution in [1.82, 2.24) is 10.2 Å². The Morgan fingerprint density at radius 1 is 1.18 bits per heavy atom. The Hall–Kier alpha value is -1.09. The highest BCUT2D eigenvalue weighted by Gasteiger charge is 2.03. The summed E-state index contributed by atoms with van der Waals surface area (Å²) >= 11 is 3.44. The van der Waals surface area contributed by atoms with Gasteiger partial charge in [-0.15, -0.1) is 0 Å². The first-order chi connectivity index (χ1) is 8.29. The van der Waals surface area contributed by atoms with Crippen LogP contribution in [0.5, 0.6) is 0 Å². The van der Waals surface area contributed by atoms with Crippen LogP contribution in [-0.4, -0.2) is 10.2 Å². The Morgan fingerprint density at radius 3 is 2.65 bits per heavy atom. The summed E-state index contributed by atoms with van der Waals surface area (Å²) in [6.45, 7) is 2.22. The second kappa shape index (κ2) is 6.01. The van der Waals surface area contributed by atoms with Gasteiger partial charge in [-0.3, -0.25) is 5.10 Å². The van der Waals surface area contributed by atoms with E-state index in [0.717, 1.165) is 22.2 Å². The third-order valence-electron chi connectivity index (χ3n) is 2.82. The predicted molar refractivity (Wildman–Crippen MR) is 75.0 cm³/mol. The van der Waals surface area contributed by atoms with Gasteiger partial charge in [0.25, 0.3) is 0 Å². The lowest BCUT2D eigenvalue weighted by atomic mass is 10.1. The van der Waals surface area contributed by atoms with Gasteiger partial charge in [0, 0.05) is 15.7 Å². The Morgan fingerprint density at radius 2 is 1.94 bits per heavy atom. The Kier molecular flexibility index (Phi) is 4.37. The van der Waals surface area contributed by atoms with E-state index in [1.54, 1.807) is 0 Å². The molecule has 0 unspecified atom stereocenters. The molecule has 90 valence electrons. The van der Waals surface area contributed by atoms with Gasteiger partial charge in [-0.05, 0) is 31.0 Å². The van der Waals surface area contributed by atoms with E-state index in [2.05, 4.69) is 51.3 Å². The van der Waals surface area contributed by atoms with Gasteiger partial charge < -0.3 is 0 Å². The molecular formula is C14H17BrN2. The third kappa shape index (κ3) is 3.43. The van der Waals surface area contributed by atoms with Crippen molar-refractivity contribution in [3.05, 3.63) is 40.5 Å². The molecule has 0 saturated heterocycles. The summed E-state index contributed by atoms with van der Waals surface area (Å²) in [5.41, 5.74) is 3.42. The predicted octanol–water partition coefficient (Wildman–Crippen LogP) is 4.57.